The summed E-state index contributed by atoms with van der Waals surface area (Å²) in [5.74, 6) is -4.46. The number of nitriles is 1. The van der Waals surface area contributed by atoms with E-state index in [2.05, 4.69) is 10.6 Å². The fraction of sp³-hybridized carbons (Fsp3) is 0.792. The number of rotatable bonds is 7. The van der Waals surface area contributed by atoms with Gasteiger partial charge < -0.3 is 25.6 Å². The van der Waals surface area contributed by atoms with E-state index in [0.717, 1.165) is 4.90 Å². The lowest BCUT2D eigenvalue weighted by Gasteiger charge is -2.35. The second-order valence-corrected chi connectivity index (χ2v) is 11.6. The van der Waals surface area contributed by atoms with Crippen molar-refractivity contribution in [1.29, 1.82) is 5.26 Å². The Morgan fingerprint density at radius 2 is 1.78 bits per heavy atom. The van der Waals surface area contributed by atoms with E-state index in [9.17, 15) is 37.6 Å². The molecule has 2 saturated heterocycles. The lowest BCUT2D eigenvalue weighted by molar-refractivity contribution is -0.176. The highest BCUT2D eigenvalue weighted by Crippen LogP contribution is 2.30. The van der Waals surface area contributed by atoms with Crippen LogP contribution in [0.2, 0.25) is 0 Å². The Kier molecular flexibility index (Phi) is 9.22. The predicted octanol–water partition coefficient (Wildman–Crippen LogP) is 1.40. The lowest BCUT2D eigenvalue weighted by atomic mass is 9.85. The maximum Gasteiger partial charge on any atom is 0.471 e. The van der Waals surface area contributed by atoms with E-state index in [-0.39, 0.29) is 25.3 Å². The molecule has 37 heavy (non-hydrogen) atoms. The van der Waals surface area contributed by atoms with Crippen LogP contribution in [0.1, 0.15) is 60.8 Å². The predicted molar refractivity (Wildman–Crippen MR) is 125 cm³/mol. The van der Waals surface area contributed by atoms with Gasteiger partial charge in [-0.15, -0.1) is 0 Å². The van der Waals surface area contributed by atoms with E-state index in [0.29, 0.717) is 13.0 Å². The van der Waals surface area contributed by atoms with Crippen molar-refractivity contribution in [2.45, 2.75) is 96.8 Å². The summed E-state index contributed by atoms with van der Waals surface area (Å²) < 4.78 is 44.9. The highest BCUT2D eigenvalue weighted by atomic mass is 19.4. The molecule has 13 heteroatoms. The van der Waals surface area contributed by atoms with Gasteiger partial charge in [0.05, 0.1) is 17.8 Å². The topological polar surface area (TPSA) is 141 Å². The van der Waals surface area contributed by atoms with Crippen LogP contribution in [-0.2, 0) is 23.9 Å². The molecule has 4 amide bonds. The first-order valence-electron chi connectivity index (χ1n) is 12.2. The zero-order valence-electron chi connectivity index (χ0n) is 22.0. The standard InChI is InChI=1S/C24H36F3N5O5/c1-22(2,3)17(31-21(36)24(25,26)27)20(35)32-12-15(37-23(4,5)6)10-16(32)19(34)30-14(11-28)9-13-7-8-29-18(13)33/h13-17H,7-10,12H2,1-6H3,(H,29,33)(H,30,34)(H,31,36)/t13-,14-,15+,16-,17+/m0/s1. The summed E-state index contributed by atoms with van der Waals surface area (Å²) in [5, 5.41) is 16.6. The molecule has 2 aliphatic heterocycles. The molecule has 0 unspecified atom stereocenters. The minimum atomic E-state index is -5.20. The number of amides is 4. The van der Waals surface area contributed by atoms with Gasteiger partial charge in [-0.1, -0.05) is 20.8 Å². The highest BCUT2D eigenvalue weighted by molar-refractivity contribution is 5.94. The van der Waals surface area contributed by atoms with Crippen LogP contribution >= 0.6 is 0 Å². The number of carbonyl (C=O) groups excluding carboxylic acids is 4. The molecule has 10 nitrogen and oxygen atoms in total. The molecule has 0 aromatic rings. The number of likely N-dealkylation sites (tertiary alicyclic amines) is 1. The number of nitrogens with zero attached hydrogens (tertiary/aromatic N) is 2. The van der Waals surface area contributed by atoms with Gasteiger partial charge in [0.25, 0.3) is 0 Å². The van der Waals surface area contributed by atoms with Crippen molar-refractivity contribution < 1.29 is 37.1 Å². The van der Waals surface area contributed by atoms with Gasteiger partial charge >= 0.3 is 12.1 Å². The molecule has 2 heterocycles. The van der Waals surface area contributed by atoms with E-state index >= 15 is 0 Å². The second kappa shape index (κ2) is 11.2. The zero-order valence-corrected chi connectivity index (χ0v) is 22.0. The van der Waals surface area contributed by atoms with E-state index in [1.54, 1.807) is 26.1 Å². The maximum atomic E-state index is 13.5. The number of hydrogen-bond donors (Lipinski definition) is 3. The Morgan fingerprint density at radius 1 is 1.16 bits per heavy atom. The minimum Gasteiger partial charge on any atom is -0.371 e. The van der Waals surface area contributed by atoms with Crippen LogP contribution < -0.4 is 16.0 Å². The van der Waals surface area contributed by atoms with Gasteiger partial charge in [0.2, 0.25) is 17.7 Å². The van der Waals surface area contributed by atoms with Crippen molar-refractivity contribution >= 4 is 23.6 Å². The molecule has 0 aromatic heterocycles. The number of halogens is 3. The third-order valence-electron chi connectivity index (χ3n) is 6.17. The normalized spacial score (nSPS) is 24.2. The molecular weight excluding hydrogens is 495 g/mol. The van der Waals surface area contributed by atoms with Crippen molar-refractivity contribution in [1.82, 2.24) is 20.9 Å². The molecule has 2 rings (SSSR count). The fourth-order valence-corrected chi connectivity index (χ4v) is 4.47. The average Bonchev–Trinajstić information content (AvgIpc) is 3.34. The van der Waals surface area contributed by atoms with Crippen molar-refractivity contribution in [2.24, 2.45) is 11.3 Å². The summed E-state index contributed by atoms with van der Waals surface area (Å²) >= 11 is 0. The van der Waals surface area contributed by atoms with E-state index in [1.807, 2.05) is 6.07 Å². The molecule has 5 atom stereocenters. The van der Waals surface area contributed by atoms with Crippen molar-refractivity contribution in [3.63, 3.8) is 0 Å². The van der Waals surface area contributed by atoms with Crippen LogP contribution in [0, 0.1) is 22.7 Å². The van der Waals surface area contributed by atoms with Gasteiger partial charge in [0.1, 0.15) is 18.1 Å². The van der Waals surface area contributed by atoms with Crippen LogP contribution in [-0.4, -0.2) is 77.6 Å². The molecule has 2 aliphatic rings. The summed E-state index contributed by atoms with van der Waals surface area (Å²) in [4.78, 5) is 51.5. The first kappa shape index (κ1) is 30.3. The highest BCUT2D eigenvalue weighted by Gasteiger charge is 2.49. The van der Waals surface area contributed by atoms with Crippen LogP contribution in [0.5, 0.6) is 0 Å². The van der Waals surface area contributed by atoms with Gasteiger partial charge in [0.15, 0.2) is 0 Å². The van der Waals surface area contributed by atoms with E-state index in [1.165, 1.54) is 20.8 Å². The van der Waals surface area contributed by atoms with E-state index in [4.69, 9.17) is 4.74 Å². The van der Waals surface area contributed by atoms with Gasteiger partial charge in [0, 0.05) is 25.4 Å². The minimum absolute atomic E-state index is 0.0426. The Labute approximate surface area is 214 Å². The van der Waals surface area contributed by atoms with Crippen LogP contribution in [0.15, 0.2) is 0 Å². The van der Waals surface area contributed by atoms with Gasteiger partial charge in [-0.25, -0.2) is 0 Å². The molecule has 0 spiro atoms. The molecule has 3 N–H and O–H groups in total. The van der Waals surface area contributed by atoms with Gasteiger partial charge in [-0.05, 0) is 39.0 Å². The molecule has 0 radical (unpaired) electrons. The molecule has 0 aromatic carbocycles. The Morgan fingerprint density at radius 3 is 2.24 bits per heavy atom. The summed E-state index contributed by atoms with van der Waals surface area (Å²) in [6.07, 6.45) is -5.16. The van der Waals surface area contributed by atoms with Gasteiger partial charge in [-0.3, -0.25) is 19.2 Å². The second-order valence-electron chi connectivity index (χ2n) is 11.6. The number of ether oxygens (including phenoxy) is 1. The van der Waals surface area contributed by atoms with Gasteiger partial charge in [-0.2, -0.15) is 18.4 Å². The first-order chi connectivity index (χ1) is 16.8. The summed E-state index contributed by atoms with van der Waals surface area (Å²) in [5.41, 5.74) is -1.75. The zero-order chi connectivity index (χ0) is 28.3. The van der Waals surface area contributed by atoms with Crippen molar-refractivity contribution in [3.05, 3.63) is 0 Å². The SMILES string of the molecule is CC(C)(C)O[C@@H]1C[C@@H](C(=O)N[C@H](C#N)C[C@@H]2CCNC2=O)N(C(=O)[C@@H](NC(=O)C(F)(F)F)C(C)(C)C)C1. The third kappa shape index (κ3) is 8.31. The first-order valence-corrected chi connectivity index (χ1v) is 12.2. The third-order valence-corrected chi connectivity index (χ3v) is 6.17. The average molecular weight is 532 g/mol. The van der Waals surface area contributed by atoms with E-state index < -0.39 is 65.1 Å². The van der Waals surface area contributed by atoms with Crippen molar-refractivity contribution in [3.8, 4) is 6.07 Å². The summed E-state index contributed by atoms with van der Waals surface area (Å²) in [6.45, 7) is 10.2. The molecular formula is C24H36F3N5O5. The number of carbonyl (C=O) groups is 4. The maximum absolute atomic E-state index is 13.5. The number of nitrogens with one attached hydrogen (secondary N) is 3. The van der Waals surface area contributed by atoms with Crippen LogP contribution in [0.25, 0.3) is 0 Å². The number of alkyl halides is 3. The smallest absolute Gasteiger partial charge is 0.371 e. The molecule has 0 saturated carbocycles. The summed E-state index contributed by atoms with van der Waals surface area (Å²) in [6, 6.07) is -1.79. The van der Waals surface area contributed by atoms with Crippen LogP contribution in [0.4, 0.5) is 13.2 Å². The van der Waals surface area contributed by atoms with Crippen molar-refractivity contribution in [2.75, 3.05) is 13.1 Å². The molecule has 0 aliphatic carbocycles. The van der Waals surface area contributed by atoms with Crippen LogP contribution in [0.3, 0.4) is 0 Å². The monoisotopic (exact) mass is 531 g/mol. The largest absolute Gasteiger partial charge is 0.471 e. The Hall–Kier alpha value is -2.88. The Bertz CT molecular complexity index is 935. The lowest BCUT2D eigenvalue weighted by Crippen LogP contribution is -2.59. The quantitative estimate of drug-likeness (QED) is 0.454. The fourth-order valence-electron chi connectivity index (χ4n) is 4.47. The Balaban J connectivity index is 2.29. The number of hydrogen-bond acceptors (Lipinski definition) is 6. The molecule has 0 bridgehead atoms. The molecule has 2 fully saturated rings. The summed E-state index contributed by atoms with van der Waals surface area (Å²) in [7, 11) is 0. The molecule has 208 valence electrons.